The van der Waals surface area contributed by atoms with E-state index in [0.29, 0.717) is 34.9 Å². The summed E-state index contributed by atoms with van der Waals surface area (Å²) in [6.45, 7) is 6.19. The Morgan fingerprint density at radius 1 is 1.22 bits per heavy atom. The molecule has 0 bridgehead atoms. The predicted molar refractivity (Wildman–Crippen MR) is 116 cm³/mol. The van der Waals surface area contributed by atoms with Gasteiger partial charge in [0.05, 0.1) is 36.0 Å². The summed E-state index contributed by atoms with van der Waals surface area (Å²) in [5, 5.41) is 0.734. The number of nitrogens with two attached hydrogens (primary N) is 1. The maximum absolute atomic E-state index is 13.5. The van der Waals surface area contributed by atoms with Gasteiger partial charge < -0.3 is 15.4 Å². The largest absolute Gasteiger partial charge is 0.496 e. The van der Waals surface area contributed by atoms with E-state index < -0.39 is 11.7 Å². The third-order valence-electron chi connectivity index (χ3n) is 4.97. The second-order valence-corrected chi connectivity index (χ2v) is 8.05. The molecule has 0 atom stereocenters. The fourth-order valence-electron chi connectivity index (χ4n) is 3.37. The molecule has 0 spiro atoms. The topological polar surface area (TPSA) is 81.3 Å². The molecule has 9 heteroatoms. The normalized spacial score (nSPS) is 11.8. The minimum absolute atomic E-state index is 0.0648. The van der Waals surface area contributed by atoms with Gasteiger partial charge in [-0.1, -0.05) is 13.8 Å². The Morgan fingerprint density at radius 3 is 2.50 bits per heavy atom. The quantitative estimate of drug-likeness (QED) is 0.586. The number of amides is 1. The number of alkyl halides is 3. The van der Waals surface area contributed by atoms with E-state index >= 15 is 0 Å². The summed E-state index contributed by atoms with van der Waals surface area (Å²) >= 11 is 0. The first-order valence-corrected chi connectivity index (χ1v) is 10.1. The Kier molecular flexibility index (Phi) is 6.57. The average Bonchev–Trinajstić information content (AvgIpc) is 2.72. The van der Waals surface area contributed by atoms with Crippen molar-refractivity contribution < 1.29 is 22.7 Å². The van der Waals surface area contributed by atoms with Gasteiger partial charge in [0.25, 0.3) is 5.91 Å². The third kappa shape index (κ3) is 5.09. The van der Waals surface area contributed by atoms with Crippen molar-refractivity contribution in [3.8, 4) is 5.75 Å². The summed E-state index contributed by atoms with van der Waals surface area (Å²) in [5.74, 6) is 0.554. The number of rotatable bonds is 6. The van der Waals surface area contributed by atoms with Crippen LogP contribution in [0.15, 0.2) is 36.5 Å². The van der Waals surface area contributed by atoms with Gasteiger partial charge in [0.1, 0.15) is 11.6 Å². The molecular weight excluding hydrogens is 421 g/mol. The van der Waals surface area contributed by atoms with Crippen LogP contribution in [0.4, 0.5) is 19.0 Å². The van der Waals surface area contributed by atoms with E-state index in [4.69, 9.17) is 10.5 Å². The van der Waals surface area contributed by atoms with Gasteiger partial charge in [-0.25, -0.2) is 4.98 Å². The summed E-state index contributed by atoms with van der Waals surface area (Å²) in [4.78, 5) is 23.3. The first-order valence-electron chi connectivity index (χ1n) is 10.1. The number of hydrogen-bond donors (Lipinski definition) is 1. The molecular formula is C23H25F3N4O2. The third-order valence-corrected chi connectivity index (χ3v) is 4.97. The Bertz CT molecular complexity index is 1130. The van der Waals surface area contributed by atoms with Crippen LogP contribution in [-0.4, -0.2) is 34.4 Å². The van der Waals surface area contributed by atoms with Gasteiger partial charge in [-0.2, -0.15) is 13.2 Å². The second-order valence-electron chi connectivity index (χ2n) is 8.05. The predicted octanol–water partition coefficient (Wildman–Crippen LogP) is 4.85. The number of pyridine rings is 2. The second kappa shape index (κ2) is 9.02. The number of ether oxygens (including phenoxy) is 1. The fraction of sp³-hybridized carbons (Fsp3) is 0.348. The number of halogens is 3. The zero-order chi connectivity index (χ0) is 23.6. The van der Waals surface area contributed by atoms with Crippen LogP contribution in [0.3, 0.4) is 0 Å². The zero-order valence-electron chi connectivity index (χ0n) is 18.3. The van der Waals surface area contributed by atoms with E-state index in [0.717, 1.165) is 23.2 Å². The molecule has 0 saturated heterocycles. The molecule has 3 rings (SSSR count). The smallest absolute Gasteiger partial charge is 0.417 e. The highest BCUT2D eigenvalue weighted by Gasteiger charge is 2.31. The van der Waals surface area contributed by atoms with Crippen LogP contribution < -0.4 is 10.5 Å². The molecule has 0 unspecified atom stereocenters. The molecule has 170 valence electrons. The highest BCUT2D eigenvalue weighted by atomic mass is 19.4. The lowest BCUT2D eigenvalue weighted by Gasteiger charge is -2.25. The highest BCUT2D eigenvalue weighted by Crippen LogP contribution is 2.30. The van der Waals surface area contributed by atoms with Gasteiger partial charge >= 0.3 is 6.18 Å². The summed E-state index contributed by atoms with van der Waals surface area (Å²) in [6.07, 6.45) is -3.68. The van der Waals surface area contributed by atoms with Crippen molar-refractivity contribution in [2.24, 2.45) is 5.92 Å². The van der Waals surface area contributed by atoms with Crippen molar-refractivity contribution in [2.45, 2.75) is 33.5 Å². The zero-order valence-corrected chi connectivity index (χ0v) is 18.3. The summed E-state index contributed by atoms with van der Waals surface area (Å²) in [5.41, 5.74) is 7.14. The molecule has 0 radical (unpaired) electrons. The van der Waals surface area contributed by atoms with Crippen LogP contribution in [0.5, 0.6) is 5.75 Å². The van der Waals surface area contributed by atoms with Crippen LogP contribution >= 0.6 is 0 Å². The van der Waals surface area contributed by atoms with Gasteiger partial charge in [0.2, 0.25) is 0 Å². The van der Waals surface area contributed by atoms with E-state index in [-0.39, 0.29) is 18.4 Å². The molecule has 0 aliphatic carbocycles. The number of hydrogen-bond acceptors (Lipinski definition) is 5. The first kappa shape index (κ1) is 23.3. The SMILES string of the molecule is COc1cc2nc(N)c(C)cc2cc1C(=O)N(Cc1ccc(C(F)(F)F)cn1)CC(C)C. The molecule has 6 nitrogen and oxygen atoms in total. The standard InChI is InChI=1S/C23H25F3N4O2/c1-13(2)11-30(12-17-6-5-16(10-28-17)23(24,25)26)22(31)18-8-15-7-14(3)21(27)29-19(15)9-20(18)32-4/h5-10,13H,11-12H2,1-4H3,(H2,27,29). The number of benzene rings is 1. The summed E-state index contributed by atoms with van der Waals surface area (Å²) < 4.78 is 43.9. The molecule has 0 aliphatic heterocycles. The van der Waals surface area contributed by atoms with Gasteiger partial charge in [0.15, 0.2) is 0 Å². The van der Waals surface area contributed by atoms with Crippen molar-refractivity contribution in [3.63, 3.8) is 0 Å². The minimum atomic E-state index is -4.47. The molecule has 0 aliphatic rings. The molecule has 1 amide bonds. The molecule has 0 saturated carbocycles. The summed E-state index contributed by atoms with van der Waals surface area (Å²) in [6, 6.07) is 7.46. The number of nitrogens with zero attached hydrogens (tertiary/aromatic N) is 3. The Balaban J connectivity index is 1.98. The number of carbonyl (C=O) groups excluding carboxylic acids is 1. The first-order chi connectivity index (χ1) is 15.0. The Hall–Kier alpha value is -3.36. The minimum Gasteiger partial charge on any atom is -0.496 e. The van der Waals surface area contributed by atoms with Crippen molar-refractivity contribution in [2.75, 3.05) is 19.4 Å². The average molecular weight is 446 g/mol. The number of anilines is 1. The van der Waals surface area contributed by atoms with Crippen molar-refractivity contribution in [3.05, 3.63) is 58.9 Å². The van der Waals surface area contributed by atoms with Gasteiger partial charge in [0, 0.05) is 24.2 Å². The fourth-order valence-corrected chi connectivity index (χ4v) is 3.37. The summed E-state index contributed by atoms with van der Waals surface area (Å²) in [7, 11) is 1.46. The number of nitrogen functional groups attached to an aromatic ring is 1. The van der Waals surface area contributed by atoms with E-state index in [1.807, 2.05) is 26.8 Å². The molecule has 1 aromatic carbocycles. The van der Waals surface area contributed by atoms with Gasteiger partial charge in [-0.3, -0.25) is 9.78 Å². The number of fused-ring (bicyclic) bond motifs is 1. The van der Waals surface area contributed by atoms with Crippen molar-refractivity contribution >= 4 is 22.6 Å². The number of carbonyl (C=O) groups is 1. The van der Waals surface area contributed by atoms with Crippen LogP contribution in [0, 0.1) is 12.8 Å². The molecule has 32 heavy (non-hydrogen) atoms. The Morgan fingerprint density at radius 2 is 1.94 bits per heavy atom. The van der Waals surface area contributed by atoms with Crippen LogP contribution in [0.2, 0.25) is 0 Å². The number of methoxy groups -OCH3 is 1. The van der Waals surface area contributed by atoms with E-state index in [1.165, 1.54) is 13.2 Å². The van der Waals surface area contributed by atoms with Crippen LogP contribution in [0.25, 0.3) is 10.9 Å². The maximum Gasteiger partial charge on any atom is 0.417 e. The number of aromatic nitrogens is 2. The lowest BCUT2D eigenvalue weighted by atomic mass is 10.1. The van der Waals surface area contributed by atoms with E-state index in [2.05, 4.69) is 9.97 Å². The van der Waals surface area contributed by atoms with Crippen molar-refractivity contribution in [1.29, 1.82) is 0 Å². The van der Waals surface area contributed by atoms with Gasteiger partial charge in [-0.15, -0.1) is 0 Å². The molecule has 3 aromatic rings. The molecule has 2 N–H and O–H groups in total. The monoisotopic (exact) mass is 446 g/mol. The molecule has 2 aromatic heterocycles. The van der Waals surface area contributed by atoms with Crippen LogP contribution in [0.1, 0.15) is 41.0 Å². The lowest BCUT2D eigenvalue weighted by Crippen LogP contribution is -2.34. The molecule has 0 fully saturated rings. The van der Waals surface area contributed by atoms with E-state index in [1.54, 1.807) is 17.0 Å². The van der Waals surface area contributed by atoms with Crippen LogP contribution in [-0.2, 0) is 12.7 Å². The van der Waals surface area contributed by atoms with Crippen molar-refractivity contribution in [1.82, 2.24) is 14.9 Å². The highest BCUT2D eigenvalue weighted by molar-refractivity contribution is 6.01. The lowest BCUT2D eigenvalue weighted by molar-refractivity contribution is -0.137. The Labute approximate surface area is 184 Å². The van der Waals surface area contributed by atoms with Gasteiger partial charge in [-0.05, 0) is 42.7 Å². The molecule has 2 heterocycles. The maximum atomic E-state index is 13.5. The van der Waals surface area contributed by atoms with E-state index in [9.17, 15) is 18.0 Å². The number of aryl methyl sites for hydroxylation is 1.